The van der Waals surface area contributed by atoms with E-state index in [-0.39, 0.29) is 11.8 Å². The summed E-state index contributed by atoms with van der Waals surface area (Å²) in [5.41, 5.74) is 2.67. The lowest BCUT2D eigenvalue weighted by Gasteiger charge is -2.31. The van der Waals surface area contributed by atoms with Crippen LogP contribution in [0.15, 0.2) is 53.1 Å². The first-order valence-electron chi connectivity index (χ1n) is 10.6. The first-order chi connectivity index (χ1) is 15.5. The Morgan fingerprint density at radius 1 is 1.19 bits per heavy atom. The number of hydrogen-bond acceptors (Lipinski definition) is 7. The molecule has 4 rings (SSSR count). The van der Waals surface area contributed by atoms with Gasteiger partial charge in [0.2, 0.25) is 17.6 Å². The number of nitrogens with zero attached hydrogens (tertiary/aromatic N) is 3. The number of hydrogen-bond donors (Lipinski definition) is 1. The first-order valence-corrected chi connectivity index (χ1v) is 10.6. The quantitative estimate of drug-likeness (QED) is 0.591. The summed E-state index contributed by atoms with van der Waals surface area (Å²) in [6.07, 6.45) is 1.70. The normalized spacial score (nSPS) is 16.5. The summed E-state index contributed by atoms with van der Waals surface area (Å²) in [7, 11) is 1.34. The fraction of sp³-hybridized carbons (Fsp3) is 0.333. The van der Waals surface area contributed by atoms with E-state index >= 15 is 0 Å². The predicted molar refractivity (Wildman–Crippen MR) is 119 cm³/mol. The lowest BCUT2D eigenvalue weighted by Crippen LogP contribution is -2.40. The van der Waals surface area contributed by atoms with Crippen LogP contribution in [0.3, 0.4) is 0 Å². The molecule has 1 amide bonds. The number of carbonyl (C=O) groups excluding carboxylic acids is 2. The van der Waals surface area contributed by atoms with E-state index in [1.807, 2.05) is 30.3 Å². The van der Waals surface area contributed by atoms with Gasteiger partial charge in [0.1, 0.15) is 0 Å². The molecule has 0 bridgehead atoms. The van der Waals surface area contributed by atoms with Crippen molar-refractivity contribution in [3.05, 3.63) is 65.5 Å². The Hall–Kier alpha value is -3.52. The Balaban J connectivity index is 1.39. The minimum atomic E-state index is -0.420. The van der Waals surface area contributed by atoms with Crippen molar-refractivity contribution in [2.24, 2.45) is 5.92 Å². The third-order valence-electron chi connectivity index (χ3n) is 5.73. The summed E-state index contributed by atoms with van der Waals surface area (Å²) in [5.74, 6) is 0.452. The third-order valence-corrected chi connectivity index (χ3v) is 5.73. The molecular formula is C24H26N4O4. The highest BCUT2D eigenvalue weighted by Gasteiger charge is 2.27. The molecule has 0 radical (unpaired) electrons. The van der Waals surface area contributed by atoms with Gasteiger partial charge >= 0.3 is 5.97 Å². The molecule has 2 aromatic carbocycles. The maximum atomic E-state index is 13.0. The second kappa shape index (κ2) is 9.74. The van der Waals surface area contributed by atoms with Crippen LogP contribution >= 0.6 is 0 Å². The maximum Gasteiger partial charge on any atom is 0.338 e. The van der Waals surface area contributed by atoms with Crippen molar-refractivity contribution in [3.63, 3.8) is 0 Å². The number of likely N-dealkylation sites (tertiary alicyclic amines) is 1. The second-order valence-corrected chi connectivity index (χ2v) is 7.91. The topological polar surface area (TPSA) is 97.6 Å². The number of piperidine rings is 1. The highest BCUT2D eigenvalue weighted by atomic mass is 16.5. The fourth-order valence-electron chi connectivity index (χ4n) is 3.96. The van der Waals surface area contributed by atoms with E-state index in [9.17, 15) is 9.59 Å². The number of methoxy groups -OCH3 is 1. The van der Waals surface area contributed by atoms with E-state index in [1.54, 1.807) is 25.1 Å². The molecule has 1 aliphatic heterocycles. The van der Waals surface area contributed by atoms with Gasteiger partial charge in [0.15, 0.2) is 0 Å². The largest absolute Gasteiger partial charge is 0.465 e. The highest BCUT2D eigenvalue weighted by Crippen LogP contribution is 2.24. The lowest BCUT2D eigenvalue weighted by atomic mass is 9.96. The number of rotatable bonds is 6. The molecule has 2 heterocycles. The van der Waals surface area contributed by atoms with Crippen molar-refractivity contribution in [1.82, 2.24) is 15.0 Å². The molecule has 1 atom stereocenters. The summed E-state index contributed by atoms with van der Waals surface area (Å²) in [4.78, 5) is 31.5. The van der Waals surface area contributed by atoms with Crippen molar-refractivity contribution < 1.29 is 18.8 Å². The number of nitrogens with one attached hydrogen (secondary N) is 1. The molecule has 32 heavy (non-hydrogen) atoms. The Labute approximate surface area is 186 Å². The molecule has 0 spiro atoms. The zero-order chi connectivity index (χ0) is 22.5. The molecule has 0 aliphatic carbocycles. The highest BCUT2D eigenvalue weighted by molar-refractivity contribution is 5.97. The molecule has 8 heteroatoms. The predicted octanol–water partition coefficient (Wildman–Crippen LogP) is 3.68. The van der Waals surface area contributed by atoms with Gasteiger partial charge in [-0.15, -0.1) is 0 Å². The molecule has 1 fully saturated rings. The summed E-state index contributed by atoms with van der Waals surface area (Å²) >= 11 is 0. The molecule has 1 N–H and O–H groups in total. The Morgan fingerprint density at radius 2 is 2.00 bits per heavy atom. The molecule has 1 aromatic heterocycles. The van der Waals surface area contributed by atoms with Crippen LogP contribution in [0.1, 0.15) is 34.7 Å². The van der Waals surface area contributed by atoms with E-state index in [0.717, 1.165) is 24.9 Å². The van der Waals surface area contributed by atoms with Gasteiger partial charge in [0.25, 0.3) is 0 Å². The summed E-state index contributed by atoms with van der Waals surface area (Å²) in [5, 5.41) is 7.06. The fourth-order valence-corrected chi connectivity index (χ4v) is 3.96. The molecule has 1 saturated heterocycles. The lowest BCUT2D eigenvalue weighted by molar-refractivity contribution is -0.121. The molecular weight excluding hydrogens is 408 g/mol. The third kappa shape index (κ3) is 4.86. The minimum Gasteiger partial charge on any atom is -0.465 e. The standard InChI is InChI=1S/C24H26N4O4/c1-16-19(24(30)31-2)11-6-12-20(16)25-23(29)18-10-7-13-28(14-18)15-21-26-22(27-32-21)17-8-4-3-5-9-17/h3-6,8-9,11-12,18H,7,10,13-15H2,1-2H3,(H,25,29). The van der Waals surface area contributed by atoms with E-state index in [0.29, 0.717) is 41.6 Å². The monoisotopic (exact) mass is 434 g/mol. The van der Waals surface area contributed by atoms with Crippen LogP contribution in [0.5, 0.6) is 0 Å². The van der Waals surface area contributed by atoms with Crippen LogP contribution < -0.4 is 5.32 Å². The summed E-state index contributed by atoms with van der Waals surface area (Å²) < 4.78 is 10.2. The molecule has 1 aliphatic rings. The van der Waals surface area contributed by atoms with Crippen LogP contribution in [-0.2, 0) is 16.1 Å². The van der Waals surface area contributed by atoms with Gasteiger partial charge in [0.05, 0.1) is 25.1 Å². The van der Waals surface area contributed by atoms with Crippen LogP contribution in [0, 0.1) is 12.8 Å². The van der Waals surface area contributed by atoms with Crippen molar-refractivity contribution >= 4 is 17.6 Å². The van der Waals surface area contributed by atoms with Gasteiger partial charge < -0.3 is 14.6 Å². The summed E-state index contributed by atoms with van der Waals surface area (Å²) in [6.45, 7) is 3.77. The number of ether oxygens (including phenoxy) is 1. The second-order valence-electron chi connectivity index (χ2n) is 7.91. The Morgan fingerprint density at radius 3 is 2.78 bits per heavy atom. The van der Waals surface area contributed by atoms with Crippen molar-refractivity contribution in [2.75, 3.05) is 25.5 Å². The van der Waals surface area contributed by atoms with Gasteiger partial charge in [-0.05, 0) is 44.0 Å². The van der Waals surface area contributed by atoms with Gasteiger partial charge in [-0.3, -0.25) is 9.69 Å². The Kier molecular flexibility index (Phi) is 6.61. The maximum absolute atomic E-state index is 13.0. The van der Waals surface area contributed by atoms with E-state index in [1.165, 1.54) is 7.11 Å². The number of esters is 1. The van der Waals surface area contributed by atoms with Crippen molar-refractivity contribution in [2.45, 2.75) is 26.3 Å². The molecule has 3 aromatic rings. The zero-order valence-corrected chi connectivity index (χ0v) is 18.2. The van der Waals surface area contributed by atoms with Gasteiger partial charge in [-0.2, -0.15) is 4.98 Å². The smallest absolute Gasteiger partial charge is 0.338 e. The van der Waals surface area contributed by atoms with E-state index in [2.05, 4.69) is 20.4 Å². The van der Waals surface area contributed by atoms with Crippen molar-refractivity contribution in [1.29, 1.82) is 0 Å². The van der Waals surface area contributed by atoms with E-state index in [4.69, 9.17) is 9.26 Å². The number of benzene rings is 2. The van der Waals surface area contributed by atoms with E-state index < -0.39 is 5.97 Å². The molecule has 166 valence electrons. The Bertz CT molecular complexity index is 1100. The first kappa shape index (κ1) is 21.7. The molecule has 0 saturated carbocycles. The zero-order valence-electron chi connectivity index (χ0n) is 18.2. The minimum absolute atomic E-state index is 0.0599. The molecule has 8 nitrogen and oxygen atoms in total. The van der Waals surface area contributed by atoms with Crippen molar-refractivity contribution in [3.8, 4) is 11.4 Å². The average Bonchev–Trinajstić information content (AvgIpc) is 3.29. The average molecular weight is 434 g/mol. The number of carbonyl (C=O) groups is 2. The van der Waals surface area contributed by atoms with Crippen LogP contribution in [0.2, 0.25) is 0 Å². The van der Waals surface area contributed by atoms with Crippen LogP contribution in [-0.4, -0.2) is 47.1 Å². The molecule has 1 unspecified atom stereocenters. The number of anilines is 1. The van der Waals surface area contributed by atoms with Gasteiger partial charge in [-0.25, -0.2) is 4.79 Å². The van der Waals surface area contributed by atoms with Gasteiger partial charge in [0, 0.05) is 17.8 Å². The number of aromatic nitrogens is 2. The van der Waals surface area contributed by atoms with Crippen LogP contribution in [0.25, 0.3) is 11.4 Å². The SMILES string of the molecule is COC(=O)c1cccc(NC(=O)C2CCCN(Cc3nc(-c4ccccc4)no3)C2)c1C. The van der Waals surface area contributed by atoms with Crippen LogP contribution in [0.4, 0.5) is 5.69 Å². The van der Waals surface area contributed by atoms with Gasteiger partial charge in [-0.1, -0.05) is 41.6 Å². The summed E-state index contributed by atoms with van der Waals surface area (Å²) in [6, 6.07) is 14.9. The number of amides is 1.